The molecule has 0 rings (SSSR count). The molecule has 0 radical (unpaired) electrons. The van der Waals surface area contributed by atoms with Crippen molar-refractivity contribution >= 4 is 28.0 Å². The van der Waals surface area contributed by atoms with Gasteiger partial charge in [0.25, 0.3) is 0 Å². The highest BCUT2D eigenvalue weighted by Gasteiger charge is 2.49. The SMILES string of the molecule is C[Si](C)(C)C(C(=O)NCC(F)(F)F)C(C(=O)NCC(F)(F)F)[Si](C)(C)C. The van der Waals surface area contributed by atoms with Crippen molar-refractivity contribution in [1.82, 2.24) is 10.6 Å². The molecule has 0 heterocycles. The van der Waals surface area contributed by atoms with Crippen molar-refractivity contribution in [1.29, 1.82) is 0 Å². The number of alkyl halides is 6. The molecule has 0 fully saturated rings. The van der Waals surface area contributed by atoms with Crippen LogP contribution in [0.4, 0.5) is 26.3 Å². The van der Waals surface area contributed by atoms with Gasteiger partial charge in [0.1, 0.15) is 13.1 Å². The number of hydrogen-bond acceptors (Lipinski definition) is 2. The molecule has 0 spiro atoms. The van der Waals surface area contributed by atoms with Gasteiger partial charge < -0.3 is 10.6 Å². The van der Waals surface area contributed by atoms with E-state index >= 15 is 0 Å². The third-order valence-electron chi connectivity index (χ3n) is 3.69. The third-order valence-corrected chi connectivity index (χ3v) is 8.95. The van der Waals surface area contributed by atoms with Gasteiger partial charge in [0.05, 0.1) is 16.1 Å². The molecule has 26 heavy (non-hydrogen) atoms. The summed E-state index contributed by atoms with van der Waals surface area (Å²) in [5.74, 6) is -1.87. The molecule has 0 aliphatic rings. The van der Waals surface area contributed by atoms with Gasteiger partial charge in [-0.05, 0) is 0 Å². The Morgan fingerprint density at radius 3 is 1.08 bits per heavy atom. The molecule has 2 unspecified atom stereocenters. The summed E-state index contributed by atoms with van der Waals surface area (Å²) in [5, 5.41) is 3.60. The van der Waals surface area contributed by atoms with Gasteiger partial charge in [-0.25, -0.2) is 0 Å². The first-order chi connectivity index (χ1) is 11.3. The van der Waals surface area contributed by atoms with Gasteiger partial charge in [-0.2, -0.15) is 26.3 Å². The van der Waals surface area contributed by atoms with Crippen molar-refractivity contribution in [2.24, 2.45) is 0 Å². The Bertz CT molecular complexity index is 464. The predicted octanol–water partition coefficient (Wildman–Crippen LogP) is 3.76. The number of nitrogens with one attached hydrogen (secondary N) is 2. The molecule has 0 aromatic heterocycles. The van der Waals surface area contributed by atoms with Gasteiger partial charge in [0.2, 0.25) is 11.8 Å². The summed E-state index contributed by atoms with van der Waals surface area (Å²) in [6, 6.07) is 0. The van der Waals surface area contributed by atoms with E-state index in [9.17, 15) is 35.9 Å². The molecule has 4 nitrogen and oxygen atoms in total. The zero-order valence-electron chi connectivity index (χ0n) is 15.7. The van der Waals surface area contributed by atoms with E-state index in [1.54, 1.807) is 49.9 Å². The number of carbonyl (C=O) groups is 2. The van der Waals surface area contributed by atoms with Gasteiger partial charge in [-0.3, -0.25) is 9.59 Å². The second-order valence-electron chi connectivity index (χ2n) is 8.35. The van der Waals surface area contributed by atoms with Crippen LogP contribution in [0.5, 0.6) is 0 Å². The van der Waals surface area contributed by atoms with Gasteiger partial charge in [-0.1, -0.05) is 39.3 Å². The Kier molecular flexibility index (Phi) is 7.98. The van der Waals surface area contributed by atoms with Crippen LogP contribution in [0.2, 0.25) is 50.4 Å². The maximum atomic E-state index is 12.5. The topological polar surface area (TPSA) is 58.2 Å². The lowest BCUT2D eigenvalue weighted by atomic mass is 10.2. The molecule has 0 aromatic carbocycles. The van der Waals surface area contributed by atoms with Crippen LogP contribution in [0.3, 0.4) is 0 Å². The lowest BCUT2D eigenvalue weighted by Gasteiger charge is -2.40. The average Bonchev–Trinajstić information content (AvgIpc) is 2.34. The van der Waals surface area contributed by atoms with E-state index in [0.29, 0.717) is 0 Å². The summed E-state index contributed by atoms with van der Waals surface area (Å²) in [6.07, 6.45) is -9.24. The van der Waals surface area contributed by atoms with Gasteiger partial charge >= 0.3 is 12.4 Å². The molecule has 0 saturated heterocycles. The number of rotatable bonds is 7. The molecule has 0 aromatic rings. The van der Waals surface area contributed by atoms with E-state index in [0.717, 1.165) is 0 Å². The third kappa shape index (κ3) is 9.05. The van der Waals surface area contributed by atoms with Crippen molar-refractivity contribution in [3.63, 3.8) is 0 Å². The van der Waals surface area contributed by atoms with Crippen LogP contribution in [0.1, 0.15) is 0 Å². The fourth-order valence-corrected chi connectivity index (χ4v) is 9.76. The van der Waals surface area contributed by atoms with Crippen molar-refractivity contribution in [2.45, 2.75) is 62.7 Å². The monoisotopic (exact) mass is 424 g/mol. The van der Waals surface area contributed by atoms with Crippen LogP contribution < -0.4 is 10.6 Å². The summed E-state index contributed by atoms with van der Waals surface area (Å²) in [6.45, 7) is 7.13. The molecular weight excluding hydrogens is 398 g/mol. The minimum Gasteiger partial charge on any atom is -0.347 e. The Balaban J connectivity index is 5.72. The Hall–Kier alpha value is -1.05. The molecule has 0 bridgehead atoms. The summed E-state index contributed by atoms with van der Waals surface area (Å²) in [5.41, 5.74) is -2.13. The van der Waals surface area contributed by atoms with E-state index in [2.05, 4.69) is 0 Å². The first-order valence-corrected chi connectivity index (χ1v) is 15.1. The van der Waals surface area contributed by atoms with E-state index in [4.69, 9.17) is 0 Å². The largest absolute Gasteiger partial charge is 0.405 e. The molecule has 0 aliphatic heterocycles. The van der Waals surface area contributed by atoms with Gasteiger partial charge in [0, 0.05) is 11.1 Å². The lowest BCUT2D eigenvalue weighted by Crippen LogP contribution is -2.54. The predicted molar refractivity (Wildman–Crippen MR) is 92.3 cm³/mol. The van der Waals surface area contributed by atoms with Crippen molar-refractivity contribution < 1.29 is 35.9 Å². The van der Waals surface area contributed by atoms with Gasteiger partial charge in [-0.15, -0.1) is 0 Å². The lowest BCUT2D eigenvalue weighted by molar-refractivity contribution is -0.141. The molecule has 2 N–H and O–H groups in total. The first kappa shape index (κ1) is 25.0. The van der Waals surface area contributed by atoms with Crippen molar-refractivity contribution in [3.05, 3.63) is 0 Å². The minimum atomic E-state index is -4.62. The summed E-state index contributed by atoms with van der Waals surface area (Å²) < 4.78 is 74.5. The minimum absolute atomic E-state index is 0.934. The second-order valence-corrected chi connectivity index (χ2v) is 19.1. The summed E-state index contributed by atoms with van der Waals surface area (Å²) in [4.78, 5) is 24.9. The number of amides is 2. The zero-order valence-corrected chi connectivity index (χ0v) is 17.7. The molecule has 2 atom stereocenters. The van der Waals surface area contributed by atoms with Crippen LogP contribution in [0.15, 0.2) is 0 Å². The zero-order chi connectivity index (χ0) is 21.1. The van der Waals surface area contributed by atoms with E-state index < -0.39 is 64.5 Å². The van der Waals surface area contributed by atoms with Crippen LogP contribution >= 0.6 is 0 Å². The number of carbonyl (C=O) groups excluding carboxylic acids is 2. The smallest absolute Gasteiger partial charge is 0.347 e. The standard InChI is InChI=1S/C14H26F6N2O2Si2/c1-25(2,3)9(11(23)21-7-13(15,16)17)10(26(4,5)6)12(24)22-8-14(18,19)20/h9-10H,7-8H2,1-6H3,(H,21,23)(H,22,24). The highest BCUT2D eigenvalue weighted by atomic mass is 28.3. The summed E-state index contributed by atoms with van der Waals surface area (Å²) in [7, 11) is -5.09. The maximum absolute atomic E-state index is 12.5. The quantitative estimate of drug-likeness (QED) is 0.483. The number of halogens is 6. The number of hydrogen-bond donors (Lipinski definition) is 2. The highest BCUT2D eigenvalue weighted by Crippen LogP contribution is 2.41. The molecule has 2 amide bonds. The van der Waals surface area contributed by atoms with E-state index in [1.807, 2.05) is 0 Å². The molecule has 154 valence electrons. The van der Waals surface area contributed by atoms with Crippen molar-refractivity contribution in [3.8, 4) is 0 Å². The van der Waals surface area contributed by atoms with E-state index in [-0.39, 0.29) is 0 Å². The highest BCUT2D eigenvalue weighted by molar-refractivity contribution is 6.87. The summed E-state index contributed by atoms with van der Waals surface area (Å²) >= 11 is 0. The van der Waals surface area contributed by atoms with Crippen LogP contribution in [-0.4, -0.2) is 53.4 Å². The first-order valence-electron chi connectivity index (χ1n) is 7.94. The second kappa shape index (κ2) is 8.32. The Morgan fingerprint density at radius 1 is 0.692 bits per heavy atom. The van der Waals surface area contributed by atoms with E-state index in [1.165, 1.54) is 0 Å². The molecule has 12 heteroatoms. The normalized spacial score (nSPS) is 16.0. The fourth-order valence-electron chi connectivity index (χ4n) is 2.68. The molecular formula is C14H26F6N2O2Si2. The molecule has 0 saturated carbocycles. The molecule has 0 aliphatic carbocycles. The van der Waals surface area contributed by atoms with Gasteiger partial charge in [0.15, 0.2) is 0 Å². The average molecular weight is 425 g/mol. The van der Waals surface area contributed by atoms with Crippen molar-refractivity contribution in [2.75, 3.05) is 13.1 Å². The Morgan fingerprint density at radius 2 is 0.923 bits per heavy atom. The van der Waals surface area contributed by atoms with Crippen LogP contribution in [-0.2, 0) is 9.59 Å². The van der Waals surface area contributed by atoms with Crippen LogP contribution in [0, 0.1) is 0 Å². The fraction of sp³-hybridized carbons (Fsp3) is 0.857. The Labute approximate surface area is 151 Å². The van der Waals surface area contributed by atoms with Crippen LogP contribution in [0.25, 0.3) is 0 Å². The maximum Gasteiger partial charge on any atom is 0.405 e.